The maximum atomic E-state index is 5.76. The van der Waals surface area contributed by atoms with Gasteiger partial charge in [0.1, 0.15) is 0 Å². The third-order valence-corrected chi connectivity index (χ3v) is 4.10. The van der Waals surface area contributed by atoms with Crippen LogP contribution in [0.2, 0.25) is 0 Å². The SMILES string of the molecule is CCCNC(CC1CCC1)CC1CCCO1. The van der Waals surface area contributed by atoms with Crippen molar-refractivity contribution < 1.29 is 4.74 Å². The van der Waals surface area contributed by atoms with Gasteiger partial charge in [-0.05, 0) is 44.6 Å². The summed E-state index contributed by atoms with van der Waals surface area (Å²) in [6.07, 6.45) is 11.4. The van der Waals surface area contributed by atoms with Gasteiger partial charge in [0.2, 0.25) is 0 Å². The molecule has 1 aliphatic carbocycles. The minimum atomic E-state index is 0.550. The average molecular weight is 225 g/mol. The van der Waals surface area contributed by atoms with Gasteiger partial charge in [-0.2, -0.15) is 0 Å². The summed E-state index contributed by atoms with van der Waals surface area (Å²) in [5, 5.41) is 3.72. The fourth-order valence-electron chi connectivity index (χ4n) is 2.89. The molecule has 16 heavy (non-hydrogen) atoms. The van der Waals surface area contributed by atoms with Crippen molar-refractivity contribution in [1.82, 2.24) is 5.32 Å². The largest absolute Gasteiger partial charge is 0.378 e. The van der Waals surface area contributed by atoms with Crippen LogP contribution < -0.4 is 5.32 Å². The van der Waals surface area contributed by atoms with Crippen molar-refractivity contribution in [3.63, 3.8) is 0 Å². The Morgan fingerprint density at radius 1 is 1.19 bits per heavy atom. The highest BCUT2D eigenvalue weighted by Crippen LogP contribution is 2.32. The Bertz CT molecular complexity index is 185. The van der Waals surface area contributed by atoms with Crippen molar-refractivity contribution in [2.24, 2.45) is 5.92 Å². The monoisotopic (exact) mass is 225 g/mol. The minimum absolute atomic E-state index is 0.550. The summed E-state index contributed by atoms with van der Waals surface area (Å²) < 4.78 is 5.76. The van der Waals surface area contributed by atoms with Crippen LogP contribution in [0, 0.1) is 5.92 Å². The summed E-state index contributed by atoms with van der Waals surface area (Å²) >= 11 is 0. The van der Waals surface area contributed by atoms with Crippen LogP contribution in [0.5, 0.6) is 0 Å². The molecule has 1 N–H and O–H groups in total. The quantitative estimate of drug-likeness (QED) is 0.719. The second-order valence-corrected chi connectivity index (χ2v) is 5.55. The second-order valence-electron chi connectivity index (χ2n) is 5.55. The van der Waals surface area contributed by atoms with Crippen molar-refractivity contribution >= 4 is 0 Å². The van der Waals surface area contributed by atoms with Crippen LogP contribution in [0.15, 0.2) is 0 Å². The molecule has 0 bridgehead atoms. The number of nitrogens with one attached hydrogen (secondary N) is 1. The number of rotatable bonds is 7. The van der Waals surface area contributed by atoms with Gasteiger partial charge < -0.3 is 10.1 Å². The predicted molar refractivity (Wildman–Crippen MR) is 67.6 cm³/mol. The fourth-order valence-corrected chi connectivity index (χ4v) is 2.89. The highest BCUT2D eigenvalue weighted by molar-refractivity contribution is 4.80. The van der Waals surface area contributed by atoms with E-state index in [9.17, 15) is 0 Å². The molecule has 2 heteroatoms. The van der Waals surface area contributed by atoms with Gasteiger partial charge in [-0.25, -0.2) is 0 Å². The minimum Gasteiger partial charge on any atom is -0.378 e. The molecule has 2 atom stereocenters. The molecule has 1 saturated carbocycles. The Labute approximate surface area is 100 Å². The van der Waals surface area contributed by atoms with E-state index in [4.69, 9.17) is 4.74 Å². The first-order valence-electron chi connectivity index (χ1n) is 7.23. The Kier molecular flexibility index (Phi) is 5.11. The molecule has 94 valence electrons. The molecular formula is C14H27NO. The van der Waals surface area contributed by atoms with Crippen molar-refractivity contribution in [2.45, 2.75) is 70.4 Å². The van der Waals surface area contributed by atoms with E-state index in [-0.39, 0.29) is 0 Å². The fraction of sp³-hybridized carbons (Fsp3) is 1.00. The summed E-state index contributed by atoms with van der Waals surface area (Å²) in [6.45, 7) is 4.41. The average Bonchev–Trinajstić information content (AvgIpc) is 2.72. The zero-order valence-electron chi connectivity index (χ0n) is 10.7. The van der Waals surface area contributed by atoms with Crippen molar-refractivity contribution in [3.8, 4) is 0 Å². The molecular weight excluding hydrogens is 198 g/mol. The molecule has 1 saturated heterocycles. The zero-order chi connectivity index (χ0) is 11.2. The van der Waals surface area contributed by atoms with Gasteiger partial charge in [0.15, 0.2) is 0 Å². The summed E-state index contributed by atoms with van der Waals surface area (Å²) in [5.74, 6) is 1.01. The smallest absolute Gasteiger partial charge is 0.0590 e. The van der Waals surface area contributed by atoms with Gasteiger partial charge in [-0.15, -0.1) is 0 Å². The highest BCUT2D eigenvalue weighted by atomic mass is 16.5. The highest BCUT2D eigenvalue weighted by Gasteiger charge is 2.25. The van der Waals surface area contributed by atoms with E-state index in [2.05, 4.69) is 12.2 Å². The molecule has 0 aromatic heterocycles. The van der Waals surface area contributed by atoms with Crippen LogP contribution in [-0.2, 0) is 4.74 Å². The molecule has 0 aromatic carbocycles. The molecule has 2 rings (SSSR count). The Morgan fingerprint density at radius 2 is 2.06 bits per heavy atom. The molecule has 0 aromatic rings. The van der Waals surface area contributed by atoms with Gasteiger partial charge >= 0.3 is 0 Å². The van der Waals surface area contributed by atoms with Crippen molar-refractivity contribution in [1.29, 1.82) is 0 Å². The maximum absolute atomic E-state index is 5.76. The summed E-state index contributed by atoms with van der Waals surface area (Å²) in [7, 11) is 0. The van der Waals surface area contributed by atoms with E-state index in [1.54, 1.807) is 0 Å². The Balaban J connectivity index is 1.70. The lowest BCUT2D eigenvalue weighted by atomic mass is 9.80. The van der Waals surface area contributed by atoms with E-state index >= 15 is 0 Å². The van der Waals surface area contributed by atoms with Crippen LogP contribution in [0.25, 0.3) is 0 Å². The van der Waals surface area contributed by atoms with Gasteiger partial charge in [0.05, 0.1) is 6.10 Å². The lowest BCUT2D eigenvalue weighted by Gasteiger charge is -2.31. The predicted octanol–water partition coefficient (Wildman–Crippen LogP) is 3.11. The standard InChI is InChI=1S/C14H27NO/c1-2-8-15-13(10-12-5-3-6-12)11-14-7-4-9-16-14/h12-15H,2-11H2,1H3. The summed E-state index contributed by atoms with van der Waals surface area (Å²) in [4.78, 5) is 0. The number of hydrogen-bond donors (Lipinski definition) is 1. The van der Waals surface area contributed by atoms with E-state index in [1.165, 1.54) is 57.9 Å². The first-order chi connectivity index (χ1) is 7.88. The first-order valence-corrected chi connectivity index (χ1v) is 7.23. The molecule has 0 radical (unpaired) electrons. The zero-order valence-corrected chi connectivity index (χ0v) is 10.7. The first kappa shape index (κ1) is 12.4. The normalized spacial score (nSPS) is 27.9. The van der Waals surface area contributed by atoms with E-state index in [0.717, 1.165) is 12.5 Å². The van der Waals surface area contributed by atoms with Crippen LogP contribution in [0.4, 0.5) is 0 Å². The Hall–Kier alpha value is -0.0800. The maximum Gasteiger partial charge on any atom is 0.0590 e. The van der Waals surface area contributed by atoms with E-state index in [1.807, 2.05) is 0 Å². The summed E-state index contributed by atoms with van der Waals surface area (Å²) in [5.41, 5.74) is 0. The Morgan fingerprint density at radius 3 is 2.62 bits per heavy atom. The molecule has 2 fully saturated rings. The molecule has 2 aliphatic rings. The summed E-state index contributed by atoms with van der Waals surface area (Å²) in [6, 6.07) is 0.716. The molecule has 0 amide bonds. The van der Waals surface area contributed by atoms with Gasteiger partial charge in [-0.1, -0.05) is 26.2 Å². The van der Waals surface area contributed by atoms with Gasteiger partial charge in [-0.3, -0.25) is 0 Å². The van der Waals surface area contributed by atoms with Gasteiger partial charge in [0, 0.05) is 12.6 Å². The van der Waals surface area contributed by atoms with E-state index < -0.39 is 0 Å². The second kappa shape index (κ2) is 6.61. The van der Waals surface area contributed by atoms with Crippen LogP contribution in [-0.4, -0.2) is 25.3 Å². The molecule has 2 unspecified atom stereocenters. The third-order valence-electron chi connectivity index (χ3n) is 4.10. The number of hydrogen-bond acceptors (Lipinski definition) is 2. The number of ether oxygens (including phenoxy) is 1. The van der Waals surface area contributed by atoms with Crippen molar-refractivity contribution in [2.75, 3.05) is 13.2 Å². The molecule has 1 aliphatic heterocycles. The lowest BCUT2D eigenvalue weighted by molar-refractivity contribution is 0.0888. The van der Waals surface area contributed by atoms with Crippen LogP contribution >= 0.6 is 0 Å². The van der Waals surface area contributed by atoms with Crippen molar-refractivity contribution in [3.05, 3.63) is 0 Å². The molecule has 0 spiro atoms. The third kappa shape index (κ3) is 3.74. The van der Waals surface area contributed by atoms with Crippen LogP contribution in [0.3, 0.4) is 0 Å². The topological polar surface area (TPSA) is 21.3 Å². The molecule has 1 heterocycles. The van der Waals surface area contributed by atoms with Gasteiger partial charge in [0.25, 0.3) is 0 Å². The lowest BCUT2D eigenvalue weighted by Crippen LogP contribution is -2.36. The van der Waals surface area contributed by atoms with E-state index in [0.29, 0.717) is 12.1 Å². The van der Waals surface area contributed by atoms with Crippen LogP contribution in [0.1, 0.15) is 58.3 Å². The molecule has 2 nitrogen and oxygen atoms in total.